The lowest BCUT2D eigenvalue weighted by molar-refractivity contribution is 0.331. The number of nitrogens with zero attached hydrogens (tertiary/aromatic N) is 1. The molecule has 0 spiro atoms. The number of halogens is 1. The van der Waals surface area contributed by atoms with Crippen molar-refractivity contribution in [2.24, 2.45) is 5.73 Å². The second-order valence-corrected chi connectivity index (χ2v) is 5.23. The van der Waals surface area contributed by atoms with Crippen LogP contribution < -0.4 is 15.4 Å². The monoisotopic (exact) mass is 288 g/mol. The molecule has 3 nitrogen and oxygen atoms in total. The van der Waals surface area contributed by atoms with E-state index < -0.39 is 0 Å². The number of anilines is 1. The van der Waals surface area contributed by atoms with Crippen molar-refractivity contribution in [1.82, 2.24) is 0 Å². The van der Waals surface area contributed by atoms with Gasteiger partial charge in [-0.15, -0.1) is 0 Å². The molecule has 0 fully saturated rings. The SMILES string of the molecule is NCc1c(Cl)cccc1N1CCOc2ccccc2C1. The van der Waals surface area contributed by atoms with Crippen LogP contribution in [0.25, 0.3) is 0 Å². The number of nitrogens with two attached hydrogens (primary N) is 1. The van der Waals surface area contributed by atoms with Gasteiger partial charge >= 0.3 is 0 Å². The molecule has 0 atom stereocenters. The molecule has 2 aromatic carbocycles. The Hall–Kier alpha value is -1.71. The molecule has 0 amide bonds. The lowest BCUT2D eigenvalue weighted by atomic mass is 10.1. The van der Waals surface area contributed by atoms with E-state index in [1.165, 1.54) is 5.56 Å². The highest BCUT2D eigenvalue weighted by molar-refractivity contribution is 6.31. The van der Waals surface area contributed by atoms with E-state index in [4.69, 9.17) is 22.1 Å². The molecule has 1 aliphatic heterocycles. The molecule has 0 unspecified atom stereocenters. The van der Waals surface area contributed by atoms with E-state index >= 15 is 0 Å². The molecule has 0 saturated carbocycles. The van der Waals surface area contributed by atoms with E-state index in [-0.39, 0.29) is 0 Å². The van der Waals surface area contributed by atoms with Gasteiger partial charge in [0.15, 0.2) is 0 Å². The summed E-state index contributed by atoms with van der Waals surface area (Å²) in [5, 5.41) is 0.725. The van der Waals surface area contributed by atoms with Crippen LogP contribution in [0.4, 0.5) is 5.69 Å². The Labute approximate surface area is 123 Å². The number of hydrogen-bond acceptors (Lipinski definition) is 3. The van der Waals surface area contributed by atoms with Gasteiger partial charge in [-0.3, -0.25) is 0 Å². The summed E-state index contributed by atoms with van der Waals surface area (Å²) in [5.74, 6) is 0.964. The Balaban J connectivity index is 1.98. The van der Waals surface area contributed by atoms with Crippen LogP contribution in [-0.4, -0.2) is 13.2 Å². The lowest BCUT2D eigenvalue weighted by Gasteiger charge is -2.25. The lowest BCUT2D eigenvalue weighted by Crippen LogP contribution is -2.26. The summed E-state index contributed by atoms with van der Waals surface area (Å²) in [6.07, 6.45) is 0. The Bertz CT molecular complexity index is 615. The number of para-hydroxylation sites is 1. The van der Waals surface area contributed by atoms with Crippen LogP contribution in [0.5, 0.6) is 5.75 Å². The van der Waals surface area contributed by atoms with Crippen molar-refractivity contribution in [3.05, 3.63) is 58.6 Å². The van der Waals surface area contributed by atoms with Crippen molar-refractivity contribution in [2.45, 2.75) is 13.1 Å². The normalized spacial score (nSPS) is 14.4. The maximum atomic E-state index is 6.25. The van der Waals surface area contributed by atoms with Gasteiger partial charge in [-0.05, 0) is 18.2 Å². The van der Waals surface area contributed by atoms with Gasteiger partial charge in [0.25, 0.3) is 0 Å². The van der Waals surface area contributed by atoms with Crippen LogP contribution >= 0.6 is 11.6 Å². The van der Waals surface area contributed by atoms with Gasteiger partial charge in [0.2, 0.25) is 0 Å². The molecular weight excluding hydrogens is 272 g/mol. The highest BCUT2D eigenvalue weighted by Gasteiger charge is 2.18. The van der Waals surface area contributed by atoms with Crippen molar-refractivity contribution in [1.29, 1.82) is 0 Å². The highest BCUT2D eigenvalue weighted by Crippen LogP contribution is 2.31. The van der Waals surface area contributed by atoms with Gasteiger partial charge in [-0.2, -0.15) is 0 Å². The number of ether oxygens (including phenoxy) is 1. The van der Waals surface area contributed by atoms with E-state index in [2.05, 4.69) is 17.0 Å². The van der Waals surface area contributed by atoms with Gasteiger partial charge in [0.1, 0.15) is 12.4 Å². The van der Waals surface area contributed by atoms with Crippen LogP contribution in [0.15, 0.2) is 42.5 Å². The summed E-state index contributed by atoms with van der Waals surface area (Å²) in [7, 11) is 0. The predicted octanol–water partition coefficient (Wildman–Crippen LogP) is 3.20. The molecule has 0 bridgehead atoms. The molecular formula is C16H17ClN2O. The largest absolute Gasteiger partial charge is 0.491 e. The smallest absolute Gasteiger partial charge is 0.124 e. The molecule has 0 aromatic heterocycles. The molecule has 1 heterocycles. The molecule has 3 rings (SSSR count). The van der Waals surface area contributed by atoms with Gasteiger partial charge in [-0.25, -0.2) is 0 Å². The summed E-state index contributed by atoms with van der Waals surface area (Å²) >= 11 is 6.25. The van der Waals surface area contributed by atoms with Crippen molar-refractivity contribution >= 4 is 17.3 Å². The number of rotatable bonds is 2. The van der Waals surface area contributed by atoms with E-state index in [1.54, 1.807) is 0 Å². The first-order chi connectivity index (χ1) is 9.79. The van der Waals surface area contributed by atoms with Crippen molar-refractivity contribution < 1.29 is 4.74 Å². The molecule has 104 valence electrons. The molecule has 4 heteroatoms. The van der Waals surface area contributed by atoms with Crippen LogP contribution in [0.1, 0.15) is 11.1 Å². The standard InChI is InChI=1S/C16H17ClN2O/c17-14-5-3-6-15(13(14)10-18)19-8-9-20-16-7-2-1-4-12(16)11-19/h1-7H,8-11,18H2. The number of hydrogen-bond donors (Lipinski definition) is 1. The third kappa shape index (κ3) is 2.47. The van der Waals surface area contributed by atoms with Crippen molar-refractivity contribution in [3.8, 4) is 5.75 Å². The molecule has 2 N–H and O–H groups in total. The highest BCUT2D eigenvalue weighted by atomic mass is 35.5. The summed E-state index contributed by atoms with van der Waals surface area (Å²) in [6.45, 7) is 2.73. The molecule has 0 aliphatic carbocycles. The van der Waals surface area contributed by atoms with Crippen molar-refractivity contribution in [3.63, 3.8) is 0 Å². The van der Waals surface area contributed by atoms with Crippen LogP contribution in [-0.2, 0) is 13.1 Å². The molecule has 20 heavy (non-hydrogen) atoms. The maximum absolute atomic E-state index is 6.25. The van der Waals surface area contributed by atoms with Gasteiger partial charge in [0, 0.05) is 34.9 Å². The second kappa shape index (κ2) is 5.73. The molecule has 0 radical (unpaired) electrons. The van der Waals surface area contributed by atoms with E-state index in [0.717, 1.165) is 35.1 Å². The first-order valence-electron chi connectivity index (χ1n) is 6.72. The Morgan fingerprint density at radius 2 is 2.00 bits per heavy atom. The van der Waals surface area contributed by atoms with E-state index in [9.17, 15) is 0 Å². The minimum Gasteiger partial charge on any atom is -0.491 e. The quantitative estimate of drug-likeness (QED) is 0.922. The zero-order chi connectivity index (χ0) is 13.9. The Kier molecular flexibility index (Phi) is 3.81. The van der Waals surface area contributed by atoms with E-state index in [0.29, 0.717) is 13.2 Å². The average Bonchev–Trinajstić information content (AvgIpc) is 2.69. The number of benzene rings is 2. The Morgan fingerprint density at radius 1 is 1.15 bits per heavy atom. The minimum atomic E-state index is 0.439. The second-order valence-electron chi connectivity index (χ2n) is 4.82. The van der Waals surface area contributed by atoms with Gasteiger partial charge in [-0.1, -0.05) is 35.9 Å². The first-order valence-corrected chi connectivity index (χ1v) is 7.10. The summed E-state index contributed by atoms with van der Waals surface area (Å²) in [6, 6.07) is 14.1. The van der Waals surface area contributed by atoms with Gasteiger partial charge in [0.05, 0.1) is 6.54 Å². The summed E-state index contributed by atoms with van der Waals surface area (Å²) in [5.41, 5.74) is 9.13. The predicted molar refractivity (Wildman–Crippen MR) is 82.3 cm³/mol. The third-order valence-corrected chi connectivity index (χ3v) is 3.95. The van der Waals surface area contributed by atoms with E-state index in [1.807, 2.05) is 30.3 Å². The molecule has 2 aromatic rings. The topological polar surface area (TPSA) is 38.5 Å². The van der Waals surface area contributed by atoms with Crippen LogP contribution in [0, 0.1) is 0 Å². The van der Waals surface area contributed by atoms with Crippen LogP contribution in [0.2, 0.25) is 5.02 Å². The third-order valence-electron chi connectivity index (χ3n) is 3.59. The first kappa shape index (κ1) is 13.3. The fraction of sp³-hybridized carbons (Fsp3) is 0.250. The molecule has 0 saturated heterocycles. The van der Waals surface area contributed by atoms with Gasteiger partial charge < -0.3 is 15.4 Å². The minimum absolute atomic E-state index is 0.439. The fourth-order valence-corrected chi connectivity index (χ4v) is 2.82. The number of fused-ring (bicyclic) bond motifs is 1. The van der Waals surface area contributed by atoms with Crippen LogP contribution in [0.3, 0.4) is 0 Å². The summed E-state index contributed by atoms with van der Waals surface area (Å²) < 4.78 is 5.80. The zero-order valence-corrected chi connectivity index (χ0v) is 11.9. The summed E-state index contributed by atoms with van der Waals surface area (Å²) in [4.78, 5) is 2.28. The average molecular weight is 289 g/mol. The zero-order valence-electron chi connectivity index (χ0n) is 11.2. The Morgan fingerprint density at radius 3 is 2.85 bits per heavy atom. The van der Waals surface area contributed by atoms with Crippen molar-refractivity contribution in [2.75, 3.05) is 18.1 Å². The molecule has 1 aliphatic rings. The fourth-order valence-electron chi connectivity index (χ4n) is 2.58. The maximum Gasteiger partial charge on any atom is 0.124 e.